The van der Waals surface area contributed by atoms with Gasteiger partial charge in [0.1, 0.15) is 53.8 Å². The number of hydrogen-bond acceptors (Lipinski definition) is 31. The Morgan fingerprint density at radius 1 is 0.705 bits per heavy atom. The molecule has 2 aromatic carbocycles. The van der Waals surface area contributed by atoms with Crippen molar-refractivity contribution in [1.82, 2.24) is 69.6 Å². The van der Waals surface area contributed by atoms with E-state index in [2.05, 4.69) is 78.0 Å². The van der Waals surface area contributed by atoms with Crippen LogP contribution in [0.2, 0.25) is 0 Å². The van der Waals surface area contributed by atoms with E-state index in [9.17, 15) is 34.2 Å². The van der Waals surface area contributed by atoms with Gasteiger partial charge in [-0.3, -0.25) is 29.0 Å². The van der Waals surface area contributed by atoms with Crippen molar-refractivity contribution in [2.75, 3.05) is 141 Å². The van der Waals surface area contributed by atoms with Crippen molar-refractivity contribution in [2.24, 2.45) is 35.5 Å². The summed E-state index contributed by atoms with van der Waals surface area (Å²) in [7, 11) is 6.18. The number of nitrogen functional groups attached to an aromatic ring is 2. The Bertz CT molecular complexity index is 5250. The number of aliphatic hydroxyl groups is 2. The summed E-state index contributed by atoms with van der Waals surface area (Å²) in [5.74, 6) is -5.92. The van der Waals surface area contributed by atoms with Gasteiger partial charge in [-0.1, -0.05) is 89.3 Å². The Morgan fingerprint density at radius 3 is 2.11 bits per heavy atom. The van der Waals surface area contributed by atoms with Crippen molar-refractivity contribution in [1.29, 1.82) is 0 Å². The number of amides is 3. The fraction of sp³-hybridized carbons (Fsp3) is 0.588. The second-order valence-corrected chi connectivity index (χ2v) is 36.9. The first-order valence-corrected chi connectivity index (χ1v) is 46.8. The van der Waals surface area contributed by atoms with Gasteiger partial charge < -0.3 is 88.9 Å². The van der Waals surface area contributed by atoms with Gasteiger partial charge in [0.15, 0.2) is 17.0 Å². The first-order chi connectivity index (χ1) is 63.6. The van der Waals surface area contributed by atoms with Crippen molar-refractivity contribution in [2.45, 2.75) is 212 Å². The van der Waals surface area contributed by atoms with Crippen LogP contribution in [0.5, 0.6) is 0 Å². The monoisotopic (exact) mass is 1820 g/mol. The molecule has 16 atom stereocenters. The van der Waals surface area contributed by atoms with Crippen LogP contribution < -0.4 is 26.6 Å². The van der Waals surface area contributed by atoms with Gasteiger partial charge in [0.25, 0.3) is 23.6 Å². The number of fused-ring (bicyclic) bond motifs is 6. The maximum atomic E-state index is 15.0. The predicted octanol–water partition coefficient (Wildman–Crippen LogP) is 9.46. The highest BCUT2D eigenvalue weighted by molar-refractivity contribution is 6.39. The number of anilines is 4. The summed E-state index contributed by atoms with van der Waals surface area (Å²) in [4.78, 5) is 130. The highest BCUT2D eigenvalue weighted by Crippen LogP contribution is 2.41. The number of rotatable bonds is 22. The number of alkyl carbamates (subject to hydrolysis) is 1. The number of aromatic nitrogens is 9. The zero-order valence-electron chi connectivity index (χ0n) is 78.1. The number of nitrogens with zero attached hydrogens (tertiary/aromatic N) is 15. The van der Waals surface area contributed by atoms with Gasteiger partial charge in [-0.25, -0.2) is 44.2 Å². The summed E-state index contributed by atoms with van der Waals surface area (Å²) < 4.78 is 56.4. The van der Waals surface area contributed by atoms with E-state index in [0.717, 1.165) is 87.7 Å². The number of carbonyl (C=O) groups is 6. The third-order valence-corrected chi connectivity index (χ3v) is 27.7. The molecule has 2 bridgehead atoms. The SMILES string of the molecule is CO[C@H]1C[C@@H]2CC[C@@H](C)[C@@](O)(O2)C(=O)C(=O)N2CCCC[C@H]2C(=O)O[C@H]([C@H](C)C[C@@H]2CC[C@@H](OC(=O)NCc3cnc(N4CCN(CCOCCN5CCN(c6ncc(C(=O)N7CCc8cc(Cn9nc(-c%10ccc%11oc(N)nc%11c%10)c%10c(N)ncnc%109)ccc8C7)cn6)CC5)CC4)nc3)[C@H](OC)C2)C[C@@H](OC)[C@H](C)/C=C(\C)[C@@H](O)[C@@H](OC)C(=O)C(C)C[C@H](C)/C=C/C=C/C=C/1C. The number of Topliss-reactive ketones (excluding diaryl/α,β-unsaturated/α-hetero) is 2. The number of piperazine rings is 2. The van der Waals surface area contributed by atoms with Crippen molar-refractivity contribution >= 4 is 81.3 Å². The average Bonchev–Trinajstić information content (AvgIpc) is 1.70. The normalized spacial score (nSPS) is 28.6. The zero-order chi connectivity index (χ0) is 93.4. The first kappa shape index (κ1) is 97.4. The van der Waals surface area contributed by atoms with Crippen molar-refractivity contribution < 1.29 is 81.3 Å². The topological polar surface area (TPSA) is 421 Å². The van der Waals surface area contributed by atoms with Crippen LogP contribution in [-0.2, 0) is 83.1 Å². The average molecular weight is 1820 g/mol. The number of nitrogens with two attached hydrogens (primary N) is 2. The molecule has 11 heterocycles. The minimum absolute atomic E-state index is 0.00755. The molecule has 1 unspecified atom stereocenters. The molecule has 14 rings (SSSR count). The summed E-state index contributed by atoms with van der Waals surface area (Å²) in [6, 6.07) is 10.8. The molecule has 132 heavy (non-hydrogen) atoms. The third-order valence-electron chi connectivity index (χ3n) is 27.7. The number of allylic oxidation sites excluding steroid dienone is 5. The number of oxazole rings is 1. The Hall–Kier alpha value is -10.6. The fourth-order valence-corrected chi connectivity index (χ4v) is 19.7. The van der Waals surface area contributed by atoms with E-state index in [4.69, 9.17) is 58.9 Å². The molecule has 5 aromatic heterocycles. The smallest absolute Gasteiger partial charge is 0.407 e. The molecule has 1 saturated carbocycles. The van der Waals surface area contributed by atoms with Crippen molar-refractivity contribution in [3.63, 3.8) is 0 Å². The number of hydrogen-bond donors (Lipinski definition) is 5. The van der Waals surface area contributed by atoms with Crippen LogP contribution in [0.3, 0.4) is 0 Å². The highest BCUT2D eigenvalue weighted by Gasteiger charge is 2.53. The molecule has 4 saturated heterocycles. The third kappa shape index (κ3) is 23.8. The molecule has 7 aromatic rings. The summed E-state index contributed by atoms with van der Waals surface area (Å²) >= 11 is 0. The molecule has 0 radical (unpaired) electrons. The molecule has 0 spiro atoms. The molecule has 7 aliphatic rings. The number of methoxy groups -OCH3 is 4. The van der Waals surface area contributed by atoms with Crippen molar-refractivity contribution in [3.8, 4) is 11.3 Å². The largest absolute Gasteiger partial charge is 0.460 e. The van der Waals surface area contributed by atoms with Gasteiger partial charge in [-0.2, -0.15) is 10.1 Å². The second kappa shape index (κ2) is 45.0. The lowest BCUT2D eigenvalue weighted by atomic mass is 9.78. The van der Waals surface area contributed by atoms with Gasteiger partial charge in [0.2, 0.25) is 17.7 Å². The van der Waals surface area contributed by atoms with E-state index in [1.165, 1.54) is 23.9 Å². The molecule has 1 aliphatic carbocycles. The minimum Gasteiger partial charge on any atom is -0.460 e. The molecule has 7 N–H and O–H groups in total. The Balaban J connectivity index is 0.504. The van der Waals surface area contributed by atoms with Crippen LogP contribution >= 0.6 is 0 Å². The lowest BCUT2D eigenvalue weighted by molar-refractivity contribution is -0.265. The number of aliphatic hydroxyl groups excluding tert-OH is 1. The number of piperidine rings is 1. The van der Waals surface area contributed by atoms with Gasteiger partial charge in [-0.05, 0) is 148 Å². The molecule has 35 heteroatoms. The maximum Gasteiger partial charge on any atom is 0.407 e. The molecular formula is C97H132N18O17. The van der Waals surface area contributed by atoms with Crippen LogP contribution in [-0.4, -0.2) is 291 Å². The molecule has 5 fully saturated rings. The maximum absolute atomic E-state index is 15.0. The van der Waals surface area contributed by atoms with Crippen LogP contribution in [0, 0.1) is 35.5 Å². The quantitative estimate of drug-likeness (QED) is 0.0182. The van der Waals surface area contributed by atoms with E-state index >= 15 is 4.79 Å². The van der Waals surface area contributed by atoms with E-state index in [1.807, 2.05) is 92.8 Å². The van der Waals surface area contributed by atoms with E-state index in [0.29, 0.717) is 166 Å². The van der Waals surface area contributed by atoms with Crippen LogP contribution in [0.15, 0.2) is 120 Å². The summed E-state index contributed by atoms with van der Waals surface area (Å²) in [5, 5.41) is 32.6. The van der Waals surface area contributed by atoms with Gasteiger partial charge >= 0.3 is 12.1 Å². The lowest BCUT2D eigenvalue weighted by Crippen LogP contribution is -2.61. The zero-order valence-corrected chi connectivity index (χ0v) is 78.1. The van der Waals surface area contributed by atoms with Gasteiger partial charge in [-0.15, -0.1) is 0 Å². The standard InChI is InChI=1S/C97H132N18O17/c1-59-17-13-12-14-18-60(2)78(124-8)49-73-25-20-65(7)97(123,132-73)87(118)91(120)114-29-16-15-19-75(114)92(121)129-80(50-79(125-9)61(3)44-64(6)85(117)86(127-11)84(116)63(5)43-59)62(4)45-66-22-26-77(81(47-66)126-10)131-96(122)104-53-68-51-100-94(101-52-68)111-35-31-109(32-36-111)39-41-128-42-40-110-33-37-112(38-34-110)95-102-54-72(55-103-95)90(119)113-30-28-69-46-67(21-23-71(69)57-113)56-115-89-82(88(98)105-58-106-89)83(108-115)70-24-27-76-74(48-70)107-93(99)130-76/h12-14,17-18,21,23-24,27,44,46,48,51-52,54-55,58-59,61-63,65-66,73,75,77-81,85-86,117,123H,15-16,19-20,22,25-26,28-43,45,47,49-50,53,56-57H2,1-11H3,(H2,99,107)(H,104,122)(H2,98,105,106)/b14-12+,17-13+,60-18+,64-44+/t59-,61-,62-,63?,65-,66+,73+,75+,77-,78+,79-,80+,81-,85-,86+,97-/m1/s1. The summed E-state index contributed by atoms with van der Waals surface area (Å²) in [6.45, 7) is 24.1. The van der Waals surface area contributed by atoms with Crippen LogP contribution in [0.25, 0.3) is 33.4 Å². The first-order valence-electron chi connectivity index (χ1n) is 46.8. The number of carbonyl (C=O) groups excluding carboxylic acids is 6. The Labute approximate surface area is 771 Å². The Kier molecular flexibility index (Phi) is 33.2. The van der Waals surface area contributed by atoms with E-state index < -0.39 is 96.2 Å². The highest BCUT2D eigenvalue weighted by atomic mass is 16.6. The lowest BCUT2D eigenvalue weighted by Gasteiger charge is -2.43. The van der Waals surface area contributed by atoms with E-state index in [-0.39, 0.29) is 67.3 Å². The number of nitrogens with one attached hydrogen (secondary N) is 1. The number of ether oxygens (including phenoxy) is 8. The van der Waals surface area contributed by atoms with Crippen LogP contribution in [0.1, 0.15) is 158 Å². The number of esters is 1. The molecule has 35 nitrogen and oxygen atoms in total. The van der Waals surface area contributed by atoms with Gasteiger partial charge in [0, 0.05) is 187 Å². The molecule has 712 valence electrons. The fourth-order valence-electron chi connectivity index (χ4n) is 19.7. The number of ketones is 2. The van der Waals surface area contributed by atoms with E-state index in [1.54, 1.807) is 66.0 Å². The summed E-state index contributed by atoms with van der Waals surface area (Å²) in [6.07, 6.45) is 19.4. The molecule has 6 aliphatic heterocycles. The number of benzene rings is 2. The summed E-state index contributed by atoms with van der Waals surface area (Å²) in [5.41, 5.74) is 21.3. The molecular weight excluding hydrogens is 1690 g/mol. The molecule has 3 amide bonds. The van der Waals surface area contributed by atoms with Crippen molar-refractivity contribution in [3.05, 3.63) is 143 Å². The predicted molar refractivity (Wildman–Crippen MR) is 495 cm³/mol. The second-order valence-electron chi connectivity index (χ2n) is 36.9. The van der Waals surface area contributed by atoms with Crippen LogP contribution in [0.4, 0.5) is 28.5 Å². The minimum atomic E-state index is -2.46. The number of cyclic esters (lactones) is 1. The van der Waals surface area contributed by atoms with Gasteiger partial charge in [0.05, 0.1) is 55.1 Å². The Morgan fingerprint density at radius 2 is 1.42 bits per heavy atom.